The van der Waals surface area contributed by atoms with E-state index in [0.29, 0.717) is 12.6 Å². The highest BCUT2D eigenvalue weighted by Gasteiger charge is 2.10. The minimum atomic E-state index is -1.97. The first kappa shape index (κ1) is 10.9. The standard InChI is InChI=1S/C5H14NOPS2/c1-4-7-8(9,10)6-5(2)3/h5H,4H2,1-3H3,(H2,6,9,10). The van der Waals surface area contributed by atoms with Crippen LogP contribution in [0.15, 0.2) is 0 Å². The van der Waals surface area contributed by atoms with E-state index in [1.165, 1.54) is 0 Å². The Labute approximate surface area is 73.0 Å². The van der Waals surface area contributed by atoms with Crippen LogP contribution in [0.3, 0.4) is 0 Å². The molecule has 1 N–H and O–H groups in total. The second-order valence-electron chi connectivity index (χ2n) is 2.22. The quantitative estimate of drug-likeness (QED) is 0.535. The summed E-state index contributed by atoms with van der Waals surface area (Å²) in [6.45, 7) is 6.59. The normalized spacial score (nSPS) is 17.3. The lowest BCUT2D eigenvalue weighted by Gasteiger charge is -2.18. The summed E-state index contributed by atoms with van der Waals surface area (Å²) in [6.07, 6.45) is 0. The predicted octanol–water partition coefficient (Wildman–Crippen LogP) is 2.18. The number of thiol groups is 1. The van der Waals surface area contributed by atoms with E-state index in [0.717, 1.165) is 0 Å². The Morgan fingerprint density at radius 3 is 2.50 bits per heavy atom. The second kappa shape index (κ2) is 4.73. The summed E-state index contributed by atoms with van der Waals surface area (Å²) in [4.78, 5) is 0. The summed E-state index contributed by atoms with van der Waals surface area (Å²) in [5, 5.41) is 3.09. The minimum absolute atomic E-state index is 0.342. The van der Waals surface area contributed by atoms with Crippen molar-refractivity contribution in [3.63, 3.8) is 0 Å². The van der Waals surface area contributed by atoms with E-state index in [2.05, 4.69) is 17.3 Å². The molecule has 0 spiro atoms. The lowest BCUT2D eigenvalue weighted by Crippen LogP contribution is -2.18. The number of hydrogen-bond donors (Lipinski definition) is 2. The Hall–Kier alpha value is 0.920. The number of rotatable bonds is 4. The van der Waals surface area contributed by atoms with Crippen LogP contribution in [0.1, 0.15) is 20.8 Å². The maximum absolute atomic E-state index is 5.22. The van der Waals surface area contributed by atoms with Gasteiger partial charge in [0.05, 0.1) is 6.61 Å². The molecule has 0 bridgehead atoms. The van der Waals surface area contributed by atoms with Crippen molar-refractivity contribution >= 4 is 29.7 Å². The Balaban J connectivity index is 3.75. The van der Waals surface area contributed by atoms with E-state index in [-0.39, 0.29) is 0 Å². The minimum Gasteiger partial charge on any atom is -0.331 e. The van der Waals surface area contributed by atoms with Gasteiger partial charge in [0.25, 0.3) is 0 Å². The second-order valence-corrected chi connectivity index (χ2v) is 7.82. The van der Waals surface area contributed by atoms with Crippen LogP contribution in [-0.2, 0) is 16.3 Å². The lowest BCUT2D eigenvalue weighted by molar-refractivity contribution is 0.377. The van der Waals surface area contributed by atoms with Crippen molar-refractivity contribution in [3.05, 3.63) is 0 Å². The van der Waals surface area contributed by atoms with Gasteiger partial charge in [-0.1, -0.05) is 0 Å². The first-order chi connectivity index (χ1) is 4.48. The van der Waals surface area contributed by atoms with Crippen LogP contribution in [0.25, 0.3) is 0 Å². The molecule has 0 aliphatic rings. The van der Waals surface area contributed by atoms with Crippen LogP contribution < -0.4 is 5.09 Å². The van der Waals surface area contributed by atoms with Gasteiger partial charge in [-0.3, -0.25) is 5.09 Å². The fourth-order valence-electron chi connectivity index (χ4n) is 0.539. The maximum Gasteiger partial charge on any atom is 0.183 e. The van der Waals surface area contributed by atoms with Gasteiger partial charge >= 0.3 is 0 Å². The van der Waals surface area contributed by atoms with E-state index < -0.39 is 5.62 Å². The molecule has 0 aromatic rings. The third-order valence-electron chi connectivity index (χ3n) is 0.725. The molecule has 2 nitrogen and oxygen atoms in total. The highest BCUT2D eigenvalue weighted by atomic mass is 32.9. The average molecular weight is 199 g/mol. The molecule has 0 saturated heterocycles. The molecule has 0 aliphatic carbocycles. The fraction of sp³-hybridized carbons (Fsp3) is 1.00. The molecule has 0 aromatic carbocycles. The Morgan fingerprint density at radius 1 is 1.70 bits per heavy atom. The first-order valence-corrected chi connectivity index (χ1v) is 7.10. The van der Waals surface area contributed by atoms with Gasteiger partial charge in [-0.05, 0) is 32.6 Å². The van der Waals surface area contributed by atoms with Crippen molar-refractivity contribution in [2.75, 3.05) is 6.61 Å². The van der Waals surface area contributed by atoms with Gasteiger partial charge < -0.3 is 4.52 Å². The highest BCUT2D eigenvalue weighted by Crippen LogP contribution is 2.47. The summed E-state index contributed by atoms with van der Waals surface area (Å²) in [7, 11) is 0. The summed E-state index contributed by atoms with van der Waals surface area (Å²) in [5.74, 6) is 0. The van der Waals surface area contributed by atoms with Crippen LogP contribution in [0, 0.1) is 0 Å². The summed E-state index contributed by atoms with van der Waals surface area (Å²) in [5.41, 5.74) is -1.97. The van der Waals surface area contributed by atoms with Crippen LogP contribution >= 0.6 is 17.9 Å². The third-order valence-corrected chi connectivity index (χ3v) is 3.50. The smallest absolute Gasteiger partial charge is 0.183 e. The molecular weight excluding hydrogens is 185 g/mol. The molecule has 5 heteroatoms. The molecule has 0 fully saturated rings. The Kier molecular flexibility index (Phi) is 5.16. The van der Waals surface area contributed by atoms with E-state index in [9.17, 15) is 0 Å². The van der Waals surface area contributed by atoms with Crippen molar-refractivity contribution in [2.45, 2.75) is 26.8 Å². The van der Waals surface area contributed by atoms with Crippen LogP contribution in [0.4, 0.5) is 0 Å². The summed E-state index contributed by atoms with van der Waals surface area (Å²) >= 11 is 9.26. The molecule has 1 atom stereocenters. The molecule has 0 radical (unpaired) electrons. The topological polar surface area (TPSA) is 21.3 Å². The van der Waals surface area contributed by atoms with E-state index in [1.807, 2.05) is 20.8 Å². The van der Waals surface area contributed by atoms with Crippen molar-refractivity contribution < 1.29 is 4.52 Å². The number of hydrogen-bond acceptors (Lipinski definition) is 2. The Morgan fingerprint density at radius 2 is 2.20 bits per heavy atom. The third kappa shape index (κ3) is 5.69. The van der Waals surface area contributed by atoms with Gasteiger partial charge in [-0.15, -0.1) is 12.2 Å². The monoisotopic (exact) mass is 199 g/mol. The van der Waals surface area contributed by atoms with Crippen LogP contribution in [-0.4, -0.2) is 12.6 Å². The van der Waals surface area contributed by atoms with Gasteiger partial charge in [-0.25, -0.2) is 0 Å². The molecule has 0 aliphatic heterocycles. The van der Waals surface area contributed by atoms with E-state index in [1.54, 1.807) is 0 Å². The van der Waals surface area contributed by atoms with E-state index in [4.69, 9.17) is 16.3 Å². The van der Waals surface area contributed by atoms with Crippen LogP contribution in [0.2, 0.25) is 0 Å². The zero-order valence-electron chi connectivity index (χ0n) is 6.50. The Bertz CT molecular complexity index is 140. The first-order valence-electron chi connectivity index (χ1n) is 3.23. The van der Waals surface area contributed by atoms with Crippen molar-refractivity contribution in [1.82, 2.24) is 5.09 Å². The fourth-order valence-corrected chi connectivity index (χ4v) is 3.60. The van der Waals surface area contributed by atoms with Gasteiger partial charge in [0.2, 0.25) is 0 Å². The highest BCUT2D eigenvalue weighted by molar-refractivity contribution is 8.61. The molecule has 0 rings (SSSR count). The molecular formula is C5H14NOPS2. The van der Waals surface area contributed by atoms with Crippen molar-refractivity contribution in [3.8, 4) is 0 Å². The maximum atomic E-state index is 5.22. The van der Waals surface area contributed by atoms with Gasteiger partial charge in [0, 0.05) is 6.04 Å². The van der Waals surface area contributed by atoms with Crippen molar-refractivity contribution in [1.29, 1.82) is 0 Å². The lowest BCUT2D eigenvalue weighted by atomic mass is 10.4. The summed E-state index contributed by atoms with van der Waals surface area (Å²) < 4.78 is 5.22. The van der Waals surface area contributed by atoms with Crippen molar-refractivity contribution in [2.24, 2.45) is 0 Å². The van der Waals surface area contributed by atoms with Gasteiger partial charge in [-0.2, -0.15) is 0 Å². The zero-order valence-corrected chi connectivity index (χ0v) is 9.10. The SMILES string of the molecule is CCOP(=S)(S)NC(C)C. The van der Waals surface area contributed by atoms with Gasteiger partial charge in [0.1, 0.15) is 0 Å². The molecule has 1 unspecified atom stereocenters. The molecule has 0 aromatic heterocycles. The summed E-state index contributed by atoms with van der Waals surface area (Å²) in [6, 6.07) is 0.342. The number of nitrogens with one attached hydrogen (secondary N) is 1. The molecule has 62 valence electrons. The zero-order chi connectivity index (χ0) is 8.20. The molecule has 10 heavy (non-hydrogen) atoms. The molecule has 0 saturated carbocycles. The van der Waals surface area contributed by atoms with Crippen LogP contribution in [0.5, 0.6) is 0 Å². The predicted molar refractivity (Wildman–Crippen MR) is 53.2 cm³/mol. The largest absolute Gasteiger partial charge is 0.331 e. The molecule has 0 heterocycles. The average Bonchev–Trinajstić information content (AvgIpc) is 1.59. The van der Waals surface area contributed by atoms with E-state index >= 15 is 0 Å². The van der Waals surface area contributed by atoms with Gasteiger partial charge in [0.15, 0.2) is 5.62 Å². The molecule has 0 amide bonds.